The Labute approximate surface area is 127 Å². The molecule has 1 aliphatic rings. The summed E-state index contributed by atoms with van der Waals surface area (Å²) < 4.78 is 0. The predicted molar refractivity (Wildman–Crippen MR) is 87.4 cm³/mol. The molecule has 0 aromatic carbocycles. The second kappa shape index (κ2) is 7.53. The van der Waals surface area contributed by atoms with E-state index in [9.17, 15) is 0 Å². The van der Waals surface area contributed by atoms with Crippen molar-refractivity contribution in [2.75, 3.05) is 26.2 Å². The number of aromatic nitrogens is 1. The Balaban J connectivity index is 1.66. The van der Waals surface area contributed by atoms with Crippen molar-refractivity contribution in [2.45, 2.75) is 58.4 Å². The SMILES string of the molecule is CC(C)(C)c1nc(CNCCN2CCCCCC2)cs1. The van der Waals surface area contributed by atoms with Crippen molar-refractivity contribution in [1.82, 2.24) is 15.2 Å². The Bertz CT molecular complexity index is 387. The van der Waals surface area contributed by atoms with Gasteiger partial charge in [-0.3, -0.25) is 0 Å². The van der Waals surface area contributed by atoms with Crippen LogP contribution in [0.25, 0.3) is 0 Å². The minimum absolute atomic E-state index is 0.176. The van der Waals surface area contributed by atoms with E-state index >= 15 is 0 Å². The van der Waals surface area contributed by atoms with Gasteiger partial charge < -0.3 is 10.2 Å². The lowest BCUT2D eigenvalue weighted by molar-refractivity contribution is 0.284. The first kappa shape index (κ1) is 15.9. The zero-order valence-electron chi connectivity index (χ0n) is 13.2. The predicted octanol–water partition coefficient (Wildman–Crippen LogP) is 3.41. The van der Waals surface area contributed by atoms with Crippen molar-refractivity contribution >= 4 is 11.3 Å². The maximum absolute atomic E-state index is 4.72. The summed E-state index contributed by atoms with van der Waals surface area (Å²) in [6.45, 7) is 12.4. The van der Waals surface area contributed by atoms with Crippen LogP contribution in [0.1, 0.15) is 57.2 Å². The van der Waals surface area contributed by atoms with E-state index < -0.39 is 0 Å². The highest BCUT2D eigenvalue weighted by Crippen LogP contribution is 2.25. The molecule has 0 aliphatic carbocycles. The van der Waals surface area contributed by atoms with Crippen LogP contribution in [0.4, 0.5) is 0 Å². The summed E-state index contributed by atoms with van der Waals surface area (Å²) in [5.74, 6) is 0. The van der Waals surface area contributed by atoms with Crippen molar-refractivity contribution in [1.29, 1.82) is 0 Å². The van der Waals surface area contributed by atoms with Gasteiger partial charge in [-0.05, 0) is 25.9 Å². The fourth-order valence-electron chi connectivity index (χ4n) is 2.55. The van der Waals surface area contributed by atoms with Gasteiger partial charge >= 0.3 is 0 Å². The molecule has 114 valence electrons. The molecule has 1 saturated heterocycles. The van der Waals surface area contributed by atoms with Crippen LogP contribution in [0.15, 0.2) is 5.38 Å². The molecule has 1 fully saturated rings. The van der Waals surface area contributed by atoms with Crippen LogP contribution in [0.5, 0.6) is 0 Å². The van der Waals surface area contributed by atoms with Crippen LogP contribution in [-0.2, 0) is 12.0 Å². The molecule has 1 aromatic rings. The van der Waals surface area contributed by atoms with Crippen LogP contribution in [0.3, 0.4) is 0 Å². The number of rotatable bonds is 5. The molecule has 4 heteroatoms. The lowest BCUT2D eigenvalue weighted by Gasteiger charge is -2.19. The molecule has 1 aromatic heterocycles. The normalized spacial score (nSPS) is 18.1. The topological polar surface area (TPSA) is 28.2 Å². The van der Waals surface area contributed by atoms with E-state index in [2.05, 4.69) is 36.4 Å². The summed E-state index contributed by atoms with van der Waals surface area (Å²) in [6.07, 6.45) is 5.58. The molecule has 2 heterocycles. The van der Waals surface area contributed by atoms with E-state index in [4.69, 9.17) is 4.98 Å². The second-order valence-electron chi connectivity index (χ2n) is 6.83. The summed E-state index contributed by atoms with van der Waals surface area (Å²) in [4.78, 5) is 7.32. The first-order valence-electron chi connectivity index (χ1n) is 7.94. The van der Waals surface area contributed by atoms with E-state index in [0.717, 1.165) is 13.1 Å². The molecule has 0 atom stereocenters. The lowest BCUT2D eigenvalue weighted by Crippen LogP contribution is -2.32. The van der Waals surface area contributed by atoms with Gasteiger partial charge in [0.25, 0.3) is 0 Å². The second-order valence-corrected chi connectivity index (χ2v) is 7.68. The standard InChI is InChI=1S/C16H29N3S/c1-16(2,3)15-18-14(13-20-15)12-17-8-11-19-9-6-4-5-7-10-19/h13,17H,4-12H2,1-3H3. The summed E-state index contributed by atoms with van der Waals surface area (Å²) in [5, 5.41) is 6.97. The Morgan fingerprint density at radius 1 is 1.20 bits per heavy atom. The Morgan fingerprint density at radius 3 is 2.50 bits per heavy atom. The molecular weight excluding hydrogens is 266 g/mol. The highest BCUT2D eigenvalue weighted by molar-refractivity contribution is 7.09. The average Bonchev–Trinajstić information content (AvgIpc) is 2.72. The third-order valence-electron chi connectivity index (χ3n) is 3.80. The fraction of sp³-hybridized carbons (Fsp3) is 0.812. The first-order valence-corrected chi connectivity index (χ1v) is 8.81. The summed E-state index contributed by atoms with van der Waals surface area (Å²) in [7, 11) is 0. The van der Waals surface area contributed by atoms with E-state index in [0.29, 0.717) is 0 Å². The van der Waals surface area contributed by atoms with Crippen LogP contribution in [-0.4, -0.2) is 36.1 Å². The minimum atomic E-state index is 0.176. The number of hydrogen-bond donors (Lipinski definition) is 1. The Kier molecular flexibility index (Phi) is 6.00. The zero-order valence-corrected chi connectivity index (χ0v) is 14.1. The largest absolute Gasteiger partial charge is 0.310 e. The van der Waals surface area contributed by atoms with Gasteiger partial charge in [-0.1, -0.05) is 33.6 Å². The third-order valence-corrected chi connectivity index (χ3v) is 5.12. The van der Waals surface area contributed by atoms with E-state index in [-0.39, 0.29) is 5.41 Å². The highest BCUT2D eigenvalue weighted by Gasteiger charge is 2.17. The zero-order chi connectivity index (χ0) is 14.4. The maximum atomic E-state index is 4.72. The van der Waals surface area contributed by atoms with Gasteiger partial charge in [-0.25, -0.2) is 4.98 Å². The fourth-order valence-corrected chi connectivity index (χ4v) is 3.45. The third kappa shape index (κ3) is 5.15. The molecule has 1 aliphatic heterocycles. The minimum Gasteiger partial charge on any atom is -0.310 e. The number of thiazole rings is 1. The van der Waals surface area contributed by atoms with Gasteiger partial charge in [-0.2, -0.15) is 0 Å². The molecule has 0 saturated carbocycles. The number of nitrogens with zero attached hydrogens (tertiary/aromatic N) is 2. The van der Waals surface area contributed by atoms with E-state index in [1.807, 2.05) is 0 Å². The molecule has 20 heavy (non-hydrogen) atoms. The molecule has 0 radical (unpaired) electrons. The van der Waals surface area contributed by atoms with Crippen LogP contribution < -0.4 is 5.32 Å². The van der Waals surface area contributed by atoms with Crippen LogP contribution >= 0.6 is 11.3 Å². The van der Waals surface area contributed by atoms with E-state index in [1.54, 1.807) is 11.3 Å². The molecule has 0 unspecified atom stereocenters. The van der Waals surface area contributed by atoms with Crippen molar-refractivity contribution in [3.05, 3.63) is 16.1 Å². The van der Waals surface area contributed by atoms with E-state index in [1.165, 1.54) is 56.0 Å². The van der Waals surface area contributed by atoms with Gasteiger partial charge in [0, 0.05) is 30.4 Å². The molecule has 0 spiro atoms. The molecule has 1 N–H and O–H groups in total. The summed E-state index contributed by atoms with van der Waals surface area (Å²) in [6, 6.07) is 0. The quantitative estimate of drug-likeness (QED) is 0.844. The molecule has 3 nitrogen and oxygen atoms in total. The van der Waals surface area contributed by atoms with Crippen molar-refractivity contribution in [3.8, 4) is 0 Å². The smallest absolute Gasteiger partial charge is 0.0982 e. The average molecular weight is 295 g/mol. The first-order chi connectivity index (χ1) is 9.55. The van der Waals surface area contributed by atoms with Crippen LogP contribution in [0, 0.1) is 0 Å². The molecule has 0 bridgehead atoms. The number of hydrogen-bond acceptors (Lipinski definition) is 4. The Hall–Kier alpha value is -0.450. The molecular formula is C16H29N3S. The van der Waals surface area contributed by atoms with Gasteiger partial charge in [0.2, 0.25) is 0 Å². The van der Waals surface area contributed by atoms with Gasteiger partial charge in [-0.15, -0.1) is 11.3 Å². The van der Waals surface area contributed by atoms with Crippen molar-refractivity contribution in [2.24, 2.45) is 0 Å². The number of nitrogens with one attached hydrogen (secondary N) is 1. The number of likely N-dealkylation sites (tertiary alicyclic amines) is 1. The highest BCUT2D eigenvalue weighted by atomic mass is 32.1. The van der Waals surface area contributed by atoms with Gasteiger partial charge in [0.1, 0.15) is 0 Å². The van der Waals surface area contributed by atoms with Crippen molar-refractivity contribution in [3.63, 3.8) is 0 Å². The van der Waals surface area contributed by atoms with Gasteiger partial charge in [0.05, 0.1) is 10.7 Å². The molecule has 2 rings (SSSR count). The monoisotopic (exact) mass is 295 g/mol. The van der Waals surface area contributed by atoms with Crippen molar-refractivity contribution < 1.29 is 0 Å². The lowest BCUT2D eigenvalue weighted by atomic mass is 9.98. The Morgan fingerprint density at radius 2 is 1.90 bits per heavy atom. The molecule has 0 amide bonds. The van der Waals surface area contributed by atoms with Gasteiger partial charge in [0.15, 0.2) is 0 Å². The van der Waals surface area contributed by atoms with Crippen LogP contribution in [0.2, 0.25) is 0 Å². The summed E-state index contributed by atoms with van der Waals surface area (Å²) >= 11 is 1.78. The summed E-state index contributed by atoms with van der Waals surface area (Å²) in [5.41, 5.74) is 1.37. The maximum Gasteiger partial charge on any atom is 0.0982 e.